The maximum Gasteiger partial charge on any atom is 0.242 e. The number of methoxy groups -OCH3 is 1. The van der Waals surface area contributed by atoms with E-state index in [1.165, 1.54) is 18.4 Å². The smallest absolute Gasteiger partial charge is 0.242 e. The Labute approximate surface area is 115 Å². The van der Waals surface area contributed by atoms with E-state index in [4.69, 9.17) is 4.74 Å². The van der Waals surface area contributed by atoms with E-state index >= 15 is 0 Å². The van der Waals surface area contributed by atoms with Crippen LogP contribution in [-0.2, 0) is 14.8 Å². The Morgan fingerprint density at radius 2 is 2.05 bits per heavy atom. The molecule has 1 N–H and O–H groups in total. The van der Waals surface area contributed by atoms with Crippen LogP contribution >= 0.6 is 0 Å². The van der Waals surface area contributed by atoms with Crippen LogP contribution in [-0.4, -0.2) is 47.1 Å². The molecular weight excluding hydrogens is 264 g/mol. The quantitative estimate of drug-likeness (QED) is 0.827. The molecule has 1 aromatic carbocycles. The van der Waals surface area contributed by atoms with Crippen LogP contribution in [0.2, 0.25) is 0 Å². The fourth-order valence-corrected chi connectivity index (χ4v) is 2.56. The Morgan fingerprint density at radius 3 is 2.63 bits per heavy atom. The Bertz CT molecular complexity index is 500. The molecule has 0 aliphatic carbocycles. The van der Waals surface area contributed by atoms with Crippen molar-refractivity contribution in [2.45, 2.75) is 11.8 Å². The van der Waals surface area contributed by atoms with E-state index in [1.807, 2.05) is 6.07 Å². The maximum absolute atomic E-state index is 12.0. The highest BCUT2D eigenvalue weighted by Crippen LogP contribution is 2.18. The minimum absolute atomic E-state index is 0.293. The minimum Gasteiger partial charge on any atom is -0.385 e. The lowest BCUT2D eigenvalue weighted by molar-refractivity contribution is 0.164. The molecule has 0 aliphatic rings. The van der Waals surface area contributed by atoms with Gasteiger partial charge in [0.05, 0.1) is 11.5 Å². The Morgan fingerprint density at radius 1 is 1.37 bits per heavy atom. The van der Waals surface area contributed by atoms with Crippen molar-refractivity contribution in [3.8, 4) is 0 Å². The van der Waals surface area contributed by atoms with E-state index in [0.29, 0.717) is 17.4 Å². The van der Waals surface area contributed by atoms with Crippen LogP contribution in [0.3, 0.4) is 0 Å². The van der Waals surface area contributed by atoms with Crippen molar-refractivity contribution in [3.05, 3.63) is 24.3 Å². The second-order valence-corrected chi connectivity index (χ2v) is 6.91. The molecule has 0 bridgehead atoms. The molecule has 1 rings (SSSR count). The molecule has 0 aromatic heterocycles. The molecule has 5 nitrogen and oxygen atoms in total. The first-order valence-corrected chi connectivity index (χ1v) is 7.57. The third-order valence-electron chi connectivity index (χ3n) is 2.72. The van der Waals surface area contributed by atoms with Gasteiger partial charge in [-0.25, -0.2) is 12.7 Å². The molecular formula is C13H22N2O3S. The Balaban J connectivity index is 2.78. The fourth-order valence-electron chi connectivity index (χ4n) is 1.61. The molecule has 1 atom stereocenters. The van der Waals surface area contributed by atoms with Gasteiger partial charge in [0.2, 0.25) is 10.0 Å². The zero-order valence-electron chi connectivity index (χ0n) is 11.9. The Hall–Kier alpha value is -1.11. The monoisotopic (exact) mass is 286 g/mol. The number of nitrogens with one attached hydrogen (secondary N) is 1. The predicted molar refractivity (Wildman–Crippen MR) is 76.8 cm³/mol. The number of sulfonamides is 1. The van der Waals surface area contributed by atoms with Crippen molar-refractivity contribution in [3.63, 3.8) is 0 Å². The van der Waals surface area contributed by atoms with Crippen molar-refractivity contribution < 1.29 is 13.2 Å². The first kappa shape index (κ1) is 15.9. The summed E-state index contributed by atoms with van der Waals surface area (Å²) in [6.45, 7) is 3.47. The number of rotatable bonds is 7. The summed E-state index contributed by atoms with van der Waals surface area (Å²) in [6, 6.07) is 6.84. The Kier molecular flexibility index (Phi) is 5.78. The van der Waals surface area contributed by atoms with E-state index in [9.17, 15) is 8.42 Å². The largest absolute Gasteiger partial charge is 0.385 e. The van der Waals surface area contributed by atoms with Gasteiger partial charge >= 0.3 is 0 Å². The number of nitrogens with zero attached hydrogens (tertiary/aromatic N) is 1. The molecule has 0 aliphatic heterocycles. The molecule has 0 saturated heterocycles. The van der Waals surface area contributed by atoms with Gasteiger partial charge in [-0.3, -0.25) is 0 Å². The first-order chi connectivity index (χ1) is 8.87. The summed E-state index contributed by atoms with van der Waals surface area (Å²) in [7, 11) is 1.34. The molecule has 0 amide bonds. The highest BCUT2D eigenvalue weighted by Gasteiger charge is 2.17. The van der Waals surface area contributed by atoms with Gasteiger partial charge in [0.25, 0.3) is 0 Å². The lowest BCUT2D eigenvalue weighted by atomic mass is 10.2. The van der Waals surface area contributed by atoms with Crippen molar-refractivity contribution in [1.29, 1.82) is 0 Å². The zero-order chi connectivity index (χ0) is 14.5. The van der Waals surface area contributed by atoms with E-state index in [-0.39, 0.29) is 0 Å². The normalized spacial score (nSPS) is 13.5. The van der Waals surface area contributed by atoms with Crippen molar-refractivity contribution >= 4 is 15.7 Å². The fraction of sp³-hybridized carbons (Fsp3) is 0.538. The molecule has 6 heteroatoms. The second-order valence-electron chi connectivity index (χ2n) is 4.76. The summed E-state index contributed by atoms with van der Waals surface area (Å²) in [5.74, 6) is 0.360. The first-order valence-electron chi connectivity index (χ1n) is 6.13. The van der Waals surface area contributed by atoms with Crippen LogP contribution in [0.4, 0.5) is 5.69 Å². The molecule has 0 unspecified atom stereocenters. The lowest BCUT2D eigenvalue weighted by Gasteiger charge is -2.15. The predicted octanol–water partition coefficient (Wildman–Crippen LogP) is 1.63. The van der Waals surface area contributed by atoms with Crippen LogP contribution in [0.15, 0.2) is 29.2 Å². The summed E-state index contributed by atoms with van der Waals surface area (Å²) in [4.78, 5) is 0.293. The van der Waals surface area contributed by atoms with Crippen LogP contribution in [0.1, 0.15) is 6.92 Å². The summed E-state index contributed by atoms with van der Waals surface area (Å²) in [5, 5.41) is 3.22. The van der Waals surface area contributed by atoms with E-state index in [2.05, 4.69) is 12.2 Å². The van der Waals surface area contributed by atoms with Gasteiger partial charge in [-0.2, -0.15) is 0 Å². The van der Waals surface area contributed by atoms with E-state index in [0.717, 1.165) is 12.2 Å². The molecule has 0 heterocycles. The van der Waals surface area contributed by atoms with Crippen LogP contribution in [0.5, 0.6) is 0 Å². The van der Waals surface area contributed by atoms with Crippen molar-refractivity contribution in [2.75, 3.05) is 39.7 Å². The van der Waals surface area contributed by atoms with E-state index < -0.39 is 10.0 Å². The standard InChI is InChI=1S/C13H22N2O3S/c1-11(10-18-4)9-14-12-6-5-7-13(8-12)19(16,17)15(2)3/h5-8,11,14H,9-10H2,1-4H3/t11-/m0/s1. The number of hydrogen-bond acceptors (Lipinski definition) is 4. The van der Waals surface area contributed by atoms with Crippen molar-refractivity contribution in [1.82, 2.24) is 4.31 Å². The summed E-state index contributed by atoms with van der Waals surface area (Å²) in [5.41, 5.74) is 0.797. The molecule has 0 spiro atoms. The molecule has 1 aromatic rings. The lowest BCUT2D eigenvalue weighted by Crippen LogP contribution is -2.22. The van der Waals surface area contributed by atoms with E-state index in [1.54, 1.807) is 25.3 Å². The highest BCUT2D eigenvalue weighted by atomic mass is 32.2. The molecule has 0 saturated carbocycles. The molecule has 0 radical (unpaired) electrons. The zero-order valence-corrected chi connectivity index (χ0v) is 12.7. The average Bonchev–Trinajstić information content (AvgIpc) is 2.37. The van der Waals surface area contributed by atoms with Crippen LogP contribution < -0.4 is 5.32 Å². The topological polar surface area (TPSA) is 58.6 Å². The van der Waals surface area contributed by atoms with Gasteiger partial charge < -0.3 is 10.1 Å². The summed E-state index contributed by atoms with van der Waals surface area (Å²) >= 11 is 0. The number of hydrogen-bond donors (Lipinski definition) is 1. The van der Waals surface area contributed by atoms with Crippen LogP contribution in [0, 0.1) is 5.92 Å². The number of ether oxygens (including phenoxy) is 1. The minimum atomic E-state index is -3.38. The third kappa shape index (κ3) is 4.49. The van der Waals surface area contributed by atoms with Gasteiger partial charge in [-0.15, -0.1) is 0 Å². The van der Waals surface area contributed by atoms with Gasteiger partial charge in [0.1, 0.15) is 0 Å². The second kappa shape index (κ2) is 6.88. The van der Waals surface area contributed by atoms with Gasteiger partial charge in [0, 0.05) is 33.4 Å². The highest BCUT2D eigenvalue weighted by molar-refractivity contribution is 7.89. The number of benzene rings is 1. The molecule has 19 heavy (non-hydrogen) atoms. The maximum atomic E-state index is 12.0. The van der Waals surface area contributed by atoms with Crippen molar-refractivity contribution in [2.24, 2.45) is 5.92 Å². The van der Waals surface area contributed by atoms with Gasteiger partial charge in [0.15, 0.2) is 0 Å². The SMILES string of the molecule is COC[C@@H](C)CNc1cccc(S(=O)(=O)N(C)C)c1. The number of anilines is 1. The average molecular weight is 286 g/mol. The van der Waals surface area contributed by atoms with Gasteiger partial charge in [-0.1, -0.05) is 13.0 Å². The molecule has 0 fully saturated rings. The summed E-state index contributed by atoms with van der Waals surface area (Å²) < 4.78 is 30.3. The van der Waals surface area contributed by atoms with Crippen LogP contribution in [0.25, 0.3) is 0 Å². The third-order valence-corrected chi connectivity index (χ3v) is 4.53. The summed E-state index contributed by atoms with van der Waals surface area (Å²) in [6.07, 6.45) is 0. The van der Waals surface area contributed by atoms with Gasteiger partial charge in [-0.05, 0) is 24.1 Å². The molecule has 108 valence electrons.